The van der Waals surface area contributed by atoms with E-state index in [9.17, 15) is 14.0 Å². The Labute approximate surface area is 176 Å². The predicted octanol–water partition coefficient (Wildman–Crippen LogP) is 3.00. The average Bonchev–Trinajstić information content (AvgIpc) is 3.33. The Morgan fingerprint density at radius 2 is 1.90 bits per heavy atom. The minimum atomic E-state index is -0.391. The van der Waals surface area contributed by atoms with Crippen LogP contribution in [0.1, 0.15) is 12.5 Å². The maximum Gasteiger partial charge on any atom is 0.291 e. The van der Waals surface area contributed by atoms with Gasteiger partial charge in [0.1, 0.15) is 10.3 Å². The van der Waals surface area contributed by atoms with Crippen LogP contribution in [-0.4, -0.2) is 27.0 Å². The molecule has 144 valence electrons. The van der Waals surface area contributed by atoms with Gasteiger partial charge in [0.25, 0.3) is 11.5 Å². The van der Waals surface area contributed by atoms with Gasteiger partial charge in [-0.15, -0.1) is 5.10 Å². The maximum absolute atomic E-state index is 13.1. The van der Waals surface area contributed by atoms with Crippen LogP contribution in [0.4, 0.5) is 10.1 Å². The van der Waals surface area contributed by atoms with E-state index in [4.69, 9.17) is 0 Å². The zero-order valence-electron chi connectivity index (χ0n) is 15.0. The molecule has 29 heavy (non-hydrogen) atoms. The Balaban J connectivity index is 1.74. The molecule has 1 amide bonds. The molecule has 2 aromatic carbocycles. The van der Waals surface area contributed by atoms with Crippen molar-refractivity contribution >= 4 is 49.4 Å². The molecule has 6 nitrogen and oxygen atoms in total. The number of carbonyl (C=O) groups is 1. The van der Waals surface area contributed by atoms with Gasteiger partial charge in [-0.2, -0.15) is 9.50 Å². The van der Waals surface area contributed by atoms with Crippen LogP contribution >= 0.6 is 27.3 Å². The first kappa shape index (κ1) is 18.1. The monoisotopic (exact) mass is 470 g/mol. The van der Waals surface area contributed by atoms with Gasteiger partial charge in [0.15, 0.2) is 5.82 Å². The number of halogens is 2. The average molecular weight is 471 g/mol. The molecular weight excluding hydrogens is 459 g/mol. The third-order valence-electron chi connectivity index (χ3n) is 4.78. The fraction of sp³-hybridized carbons (Fsp3) is 0.100. The number of thiazole rings is 1. The predicted molar refractivity (Wildman–Crippen MR) is 112 cm³/mol. The topological polar surface area (TPSA) is 67.6 Å². The normalized spacial score (nSPS) is 15.4. The van der Waals surface area contributed by atoms with Gasteiger partial charge in [-0.1, -0.05) is 27.3 Å². The standard InChI is InChI=1S/C20H12BrFN4O2S/c1-2-25-14-8-5-11(21)9-13(14)15(18(25)27)16-19(28)26-20(29-16)23-17(24-26)10-3-6-12(22)7-4-10/h3-9H,2H2,1H3. The second kappa shape index (κ2) is 6.57. The maximum atomic E-state index is 13.1. The molecule has 3 heterocycles. The van der Waals surface area contributed by atoms with E-state index in [1.165, 1.54) is 16.6 Å². The van der Waals surface area contributed by atoms with Crippen molar-refractivity contribution in [2.75, 3.05) is 11.4 Å². The Kier molecular flexibility index (Phi) is 4.11. The molecule has 5 rings (SSSR count). The van der Waals surface area contributed by atoms with E-state index >= 15 is 0 Å². The van der Waals surface area contributed by atoms with Crippen LogP contribution in [-0.2, 0) is 4.79 Å². The van der Waals surface area contributed by atoms with Gasteiger partial charge < -0.3 is 4.90 Å². The first-order chi connectivity index (χ1) is 14.0. The molecule has 1 aliphatic rings. The van der Waals surface area contributed by atoms with Crippen LogP contribution in [0.2, 0.25) is 0 Å². The highest BCUT2D eigenvalue weighted by molar-refractivity contribution is 9.10. The summed E-state index contributed by atoms with van der Waals surface area (Å²) in [7, 11) is 0. The molecule has 9 heteroatoms. The van der Waals surface area contributed by atoms with Crippen molar-refractivity contribution in [3.8, 4) is 11.4 Å². The summed E-state index contributed by atoms with van der Waals surface area (Å²) in [5, 5.41) is 4.28. The SMILES string of the molecule is CCN1C(=O)C(=c2sc3nc(-c4ccc(F)cc4)nn3c2=O)c2cc(Br)ccc21. The van der Waals surface area contributed by atoms with Gasteiger partial charge in [0.2, 0.25) is 4.96 Å². The number of aromatic nitrogens is 3. The molecule has 0 N–H and O–H groups in total. The Morgan fingerprint density at radius 1 is 1.14 bits per heavy atom. The van der Waals surface area contributed by atoms with Gasteiger partial charge in [0.05, 0.1) is 11.3 Å². The van der Waals surface area contributed by atoms with Crippen LogP contribution in [0.25, 0.3) is 21.9 Å². The summed E-state index contributed by atoms with van der Waals surface area (Å²) in [5.74, 6) is -0.232. The van der Waals surface area contributed by atoms with Crippen molar-refractivity contribution in [2.45, 2.75) is 6.92 Å². The molecule has 0 radical (unpaired) electrons. The summed E-state index contributed by atoms with van der Waals surface area (Å²) in [6.45, 7) is 2.39. The molecule has 0 unspecified atom stereocenters. The van der Waals surface area contributed by atoms with Gasteiger partial charge >= 0.3 is 0 Å². The fourth-order valence-corrected chi connectivity index (χ4v) is 4.80. The molecule has 0 bridgehead atoms. The second-order valence-electron chi connectivity index (χ2n) is 6.46. The minimum Gasteiger partial charge on any atom is -0.308 e. The number of nitrogens with zero attached hydrogens (tertiary/aromatic N) is 4. The molecule has 0 atom stereocenters. The summed E-state index contributed by atoms with van der Waals surface area (Å²) in [6, 6.07) is 11.3. The zero-order valence-corrected chi connectivity index (χ0v) is 17.4. The van der Waals surface area contributed by atoms with Gasteiger partial charge in [-0.05, 0) is 49.4 Å². The lowest BCUT2D eigenvalue weighted by Crippen LogP contribution is -2.32. The first-order valence-corrected chi connectivity index (χ1v) is 10.4. The van der Waals surface area contributed by atoms with E-state index in [2.05, 4.69) is 26.0 Å². The van der Waals surface area contributed by atoms with Crippen molar-refractivity contribution in [3.63, 3.8) is 0 Å². The van der Waals surface area contributed by atoms with Crippen LogP contribution in [0, 0.1) is 5.82 Å². The Morgan fingerprint density at radius 3 is 2.59 bits per heavy atom. The van der Waals surface area contributed by atoms with E-state index in [1.54, 1.807) is 17.0 Å². The second-order valence-corrected chi connectivity index (χ2v) is 8.35. The van der Waals surface area contributed by atoms with E-state index in [0.29, 0.717) is 38.6 Å². The molecule has 0 saturated heterocycles. The van der Waals surface area contributed by atoms with Crippen LogP contribution in [0.5, 0.6) is 0 Å². The smallest absolute Gasteiger partial charge is 0.291 e. The number of hydrogen-bond donors (Lipinski definition) is 0. The summed E-state index contributed by atoms with van der Waals surface area (Å²) in [4.78, 5) is 32.5. The largest absolute Gasteiger partial charge is 0.308 e. The molecular formula is C20H12BrFN4O2S. The van der Waals surface area contributed by atoms with Crippen molar-refractivity contribution in [3.05, 3.63) is 73.2 Å². The number of anilines is 1. The quantitative estimate of drug-likeness (QED) is 0.451. The van der Waals surface area contributed by atoms with E-state index < -0.39 is 5.56 Å². The van der Waals surface area contributed by atoms with E-state index in [-0.39, 0.29) is 11.7 Å². The van der Waals surface area contributed by atoms with Crippen LogP contribution in [0.3, 0.4) is 0 Å². The number of amides is 1. The summed E-state index contributed by atoms with van der Waals surface area (Å²) >= 11 is 4.57. The summed E-state index contributed by atoms with van der Waals surface area (Å²) in [5.41, 5.74) is 2.08. The molecule has 4 aromatic rings. The number of rotatable bonds is 2. The number of fused-ring (bicyclic) bond motifs is 2. The highest BCUT2D eigenvalue weighted by Gasteiger charge is 2.33. The van der Waals surface area contributed by atoms with Crippen molar-refractivity contribution in [1.29, 1.82) is 0 Å². The van der Waals surface area contributed by atoms with Crippen molar-refractivity contribution < 1.29 is 9.18 Å². The lowest BCUT2D eigenvalue weighted by atomic mass is 10.1. The fourth-order valence-electron chi connectivity index (χ4n) is 3.44. The summed E-state index contributed by atoms with van der Waals surface area (Å²) in [6.07, 6.45) is 0. The Bertz CT molecular complexity index is 1410. The molecule has 2 aromatic heterocycles. The highest BCUT2D eigenvalue weighted by Crippen LogP contribution is 2.37. The van der Waals surface area contributed by atoms with Crippen molar-refractivity contribution in [1.82, 2.24) is 14.6 Å². The van der Waals surface area contributed by atoms with Crippen LogP contribution in [0.15, 0.2) is 51.7 Å². The van der Waals surface area contributed by atoms with Gasteiger partial charge in [-0.3, -0.25) is 9.59 Å². The van der Waals surface area contributed by atoms with Crippen LogP contribution < -0.4 is 15.0 Å². The Hall–Kier alpha value is -2.91. The third kappa shape index (κ3) is 2.72. The molecule has 0 fully saturated rings. The zero-order chi connectivity index (χ0) is 20.3. The first-order valence-electron chi connectivity index (χ1n) is 8.79. The number of carbonyl (C=O) groups excluding carboxylic acids is 1. The highest BCUT2D eigenvalue weighted by atomic mass is 79.9. The third-order valence-corrected chi connectivity index (χ3v) is 6.30. The lowest BCUT2D eigenvalue weighted by Gasteiger charge is -2.13. The minimum absolute atomic E-state index is 0.207. The number of hydrogen-bond acceptors (Lipinski definition) is 5. The molecule has 0 saturated carbocycles. The molecule has 0 spiro atoms. The lowest BCUT2D eigenvalue weighted by molar-refractivity contribution is -0.113. The number of benzene rings is 2. The van der Waals surface area contributed by atoms with Gasteiger partial charge in [-0.25, -0.2) is 4.39 Å². The molecule has 0 aliphatic carbocycles. The van der Waals surface area contributed by atoms with Gasteiger partial charge in [0, 0.05) is 22.1 Å². The van der Waals surface area contributed by atoms with E-state index in [0.717, 1.165) is 21.5 Å². The summed E-state index contributed by atoms with van der Waals surface area (Å²) < 4.78 is 15.5. The van der Waals surface area contributed by atoms with E-state index in [1.807, 2.05) is 25.1 Å². The van der Waals surface area contributed by atoms with Crippen molar-refractivity contribution in [2.24, 2.45) is 0 Å². The number of likely N-dealkylation sites (N-methyl/N-ethyl adjacent to an activating group) is 1. The molecule has 1 aliphatic heterocycles.